The van der Waals surface area contributed by atoms with Gasteiger partial charge in [0.05, 0.1) is 17.1 Å². The second-order valence-corrected chi connectivity index (χ2v) is 10.4. The van der Waals surface area contributed by atoms with E-state index in [0.717, 1.165) is 25.7 Å². The molecule has 4 aromatic carbocycles. The van der Waals surface area contributed by atoms with E-state index >= 15 is 0 Å². The third-order valence-electron chi connectivity index (χ3n) is 8.55. The van der Waals surface area contributed by atoms with Gasteiger partial charge in [0.25, 0.3) is 0 Å². The van der Waals surface area contributed by atoms with Crippen molar-refractivity contribution in [1.29, 1.82) is 0 Å². The van der Waals surface area contributed by atoms with Crippen LogP contribution in [0.3, 0.4) is 0 Å². The highest BCUT2D eigenvalue weighted by Crippen LogP contribution is 2.53. The van der Waals surface area contributed by atoms with Crippen LogP contribution in [0.5, 0.6) is 0 Å². The Bertz CT molecular complexity index is 1760. The quantitative estimate of drug-likeness (QED) is 0.240. The van der Waals surface area contributed by atoms with E-state index in [0.29, 0.717) is 0 Å². The topological polar surface area (TPSA) is 16.1 Å². The first-order valence-electron chi connectivity index (χ1n) is 12.6. The van der Waals surface area contributed by atoms with Crippen molar-refractivity contribution in [3.63, 3.8) is 0 Å². The minimum atomic E-state index is 0.911. The van der Waals surface area contributed by atoms with Crippen molar-refractivity contribution >= 4 is 17.1 Å². The summed E-state index contributed by atoms with van der Waals surface area (Å²) in [5.41, 5.74) is 21.0. The second kappa shape index (κ2) is 6.28. The predicted octanol–water partition coefficient (Wildman–Crippen LogP) is 7.50. The lowest BCUT2D eigenvalue weighted by Crippen LogP contribution is -2.25. The Balaban J connectivity index is 1.27. The Morgan fingerprint density at radius 3 is 2.37 bits per heavy atom. The molecular formula is C33H22N2. The number of nitrogens with zero attached hydrogens (tertiary/aromatic N) is 2. The van der Waals surface area contributed by atoms with Crippen LogP contribution in [0.1, 0.15) is 44.6 Å². The van der Waals surface area contributed by atoms with Crippen LogP contribution in [-0.4, -0.2) is 4.98 Å². The van der Waals surface area contributed by atoms with Crippen molar-refractivity contribution in [3.8, 4) is 22.3 Å². The Morgan fingerprint density at radius 1 is 0.543 bits per heavy atom. The summed E-state index contributed by atoms with van der Waals surface area (Å²) in [5, 5.41) is 0. The Kier molecular flexibility index (Phi) is 3.27. The largest absolute Gasteiger partial charge is 0.308 e. The van der Waals surface area contributed by atoms with Gasteiger partial charge in [-0.25, -0.2) is 0 Å². The summed E-state index contributed by atoms with van der Waals surface area (Å²) in [6.07, 6.45) is 5.94. The van der Waals surface area contributed by atoms with Crippen molar-refractivity contribution in [2.45, 2.75) is 25.7 Å². The third kappa shape index (κ3) is 2.27. The summed E-state index contributed by atoms with van der Waals surface area (Å²) in [5.74, 6) is 0. The summed E-state index contributed by atoms with van der Waals surface area (Å²) in [6.45, 7) is 0. The van der Waals surface area contributed by atoms with Crippen molar-refractivity contribution < 1.29 is 0 Å². The fourth-order valence-electron chi connectivity index (χ4n) is 7.08. The van der Waals surface area contributed by atoms with Crippen LogP contribution >= 0.6 is 0 Å². The van der Waals surface area contributed by atoms with Gasteiger partial charge >= 0.3 is 0 Å². The van der Waals surface area contributed by atoms with Crippen LogP contribution < -0.4 is 4.90 Å². The van der Waals surface area contributed by atoms with Crippen LogP contribution in [-0.2, 0) is 25.7 Å². The van der Waals surface area contributed by atoms with Crippen molar-refractivity contribution in [2.75, 3.05) is 4.90 Å². The molecular weight excluding hydrogens is 424 g/mol. The first-order chi connectivity index (χ1) is 17.3. The Morgan fingerprint density at radius 2 is 1.40 bits per heavy atom. The maximum absolute atomic E-state index is 4.81. The van der Waals surface area contributed by atoms with E-state index in [1.54, 1.807) is 0 Å². The van der Waals surface area contributed by atoms with Crippen molar-refractivity contribution in [3.05, 3.63) is 130 Å². The molecule has 0 bridgehead atoms. The van der Waals surface area contributed by atoms with E-state index in [2.05, 4.69) is 83.8 Å². The monoisotopic (exact) mass is 446 g/mol. The minimum absolute atomic E-state index is 0.911. The fraction of sp³-hybridized carbons (Fsp3) is 0.121. The SMILES string of the molecule is c1ccc2c(c1)Cc1c-2ccc2c1-c1cc3c(cc1C2)N1c2ccccc2Cc2nccc(c21)C3. The molecule has 0 spiro atoms. The molecule has 0 atom stereocenters. The number of pyridine rings is 1. The normalized spacial score (nSPS) is 14.9. The fourth-order valence-corrected chi connectivity index (χ4v) is 7.08. The molecule has 2 aliphatic heterocycles. The highest BCUT2D eigenvalue weighted by molar-refractivity contribution is 5.94. The van der Waals surface area contributed by atoms with Gasteiger partial charge in [-0.2, -0.15) is 0 Å². The van der Waals surface area contributed by atoms with Gasteiger partial charge in [-0.05, 0) is 98.3 Å². The summed E-state index contributed by atoms with van der Waals surface area (Å²) >= 11 is 0. The molecule has 35 heavy (non-hydrogen) atoms. The number of aromatic nitrogens is 1. The van der Waals surface area contributed by atoms with Crippen LogP contribution in [0.4, 0.5) is 17.1 Å². The number of anilines is 3. The zero-order chi connectivity index (χ0) is 22.7. The molecule has 1 aromatic heterocycles. The molecule has 3 heterocycles. The van der Waals surface area contributed by atoms with E-state index in [-0.39, 0.29) is 0 Å². The number of hydrogen-bond acceptors (Lipinski definition) is 2. The van der Waals surface area contributed by atoms with Crippen LogP contribution in [0.15, 0.2) is 85.1 Å². The van der Waals surface area contributed by atoms with E-state index in [1.165, 1.54) is 84.0 Å². The first kappa shape index (κ1) is 18.2. The smallest absolute Gasteiger partial charge is 0.0716 e. The molecule has 0 N–H and O–H groups in total. The van der Waals surface area contributed by atoms with Crippen LogP contribution in [0.25, 0.3) is 22.3 Å². The first-order valence-corrected chi connectivity index (χ1v) is 12.6. The zero-order valence-corrected chi connectivity index (χ0v) is 19.3. The molecule has 0 saturated carbocycles. The molecule has 0 saturated heterocycles. The number of para-hydroxylation sites is 1. The Labute approximate surface area is 204 Å². The standard InChI is InChI=1S/C33H22N2/c1-3-7-25-19(5-1)15-28-26(25)10-9-21-13-23-18-31-24(16-27(23)32(21)28)14-22-11-12-34-29-17-20-6-2-4-8-30(20)35(31)33(22)29/h1-12,16,18H,13-15,17H2. The lowest BCUT2D eigenvalue weighted by atomic mass is 9.87. The molecule has 2 heteroatoms. The van der Waals surface area contributed by atoms with Gasteiger partial charge in [0, 0.05) is 24.7 Å². The summed E-state index contributed by atoms with van der Waals surface area (Å²) in [4.78, 5) is 7.31. The molecule has 0 amide bonds. The maximum Gasteiger partial charge on any atom is 0.0716 e. The number of rotatable bonds is 0. The van der Waals surface area contributed by atoms with Gasteiger partial charge in [-0.1, -0.05) is 54.6 Å². The van der Waals surface area contributed by atoms with Gasteiger partial charge in [0.2, 0.25) is 0 Å². The summed E-state index contributed by atoms with van der Waals surface area (Å²) < 4.78 is 0. The molecule has 5 aromatic rings. The molecule has 2 nitrogen and oxygen atoms in total. The van der Waals surface area contributed by atoms with Gasteiger partial charge in [-0.3, -0.25) is 4.98 Å². The van der Waals surface area contributed by atoms with Crippen molar-refractivity contribution in [1.82, 2.24) is 4.98 Å². The number of hydrogen-bond donors (Lipinski definition) is 0. The number of benzene rings is 4. The van der Waals surface area contributed by atoms with E-state index < -0.39 is 0 Å². The highest BCUT2D eigenvalue weighted by atomic mass is 15.2. The molecule has 164 valence electrons. The average Bonchev–Trinajstić information content (AvgIpc) is 3.45. The van der Waals surface area contributed by atoms with E-state index in [4.69, 9.17) is 4.98 Å². The molecule has 2 aliphatic carbocycles. The molecule has 0 radical (unpaired) electrons. The average molecular weight is 447 g/mol. The van der Waals surface area contributed by atoms with Gasteiger partial charge in [0.15, 0.2) is 0 Å². The third-order valence-corrected chi connectivity index (χ3v) is 8.55. The molecule has 0 fully saturated rings. The lowest BCUT2D eigenvalue weighted by Gasteiger charge is -2.39. The van der Waals surface area contributed by atoms with Gasteiger partial charge in [0.1, 0.15) is 0 Å². The molecule has 0 unspecified atom stereocenters. The van der Waals surface area contributed by atoms with E-state index in [1.807, 2.05) is 6.20 Å². The van der Waals surface area contributed by atoms with Crippen molar-refractivity contribution in [2.24, 2.45) is 0 Å². The Hall–Kier alpha value is -4.17. The van der Waals surface area contributed by atoms with Crippen LogP contribution in [0, 0.1) is 0 Å². The van der Waals surface area contributed by atoms with E-state index in [9.17, 15) is 0 Å². The van der Waals surface area contributed by atoms with Gasteiger partial charge < -0.3 is 4.90 Å². The molecule has 9 rings (SSSR count). The predicted molar refractivity (Wildman–Crippen MR) is 141 cm³/mol. The minimum Gasteiger partial charge on any atom is -0.308 e. The zero-order valence-electron chi connectivity index (χ0n) is 19.3. The lowest BCUT2D eigenvalue weighted by molar-refractivity contribution is 0.959. The van der Waals surface area contributed by atoms with Crippen LogP contribution in [0.2, 0.25) is 0 Å². The number of fused-ring (bicyclic) bond motifs is 11. The molecule has 4 aliphatic rings. The second-order valence-electron chi connectivity index (χ2n) is 10.4. The summed E-state index contributed by atoms with van der Waals surface area (Å²) in [7, 11) is 0. The van der Waals surface area contributed by atoms with Gasteiger partial charge in [-0.15, -0.1) is 0 Å². The highest BCUT2D eigenvalue weighted by Gasteiger charge is 2.35. The maximum atomic E-state index is 4.81. The summed E-state index contributed by atoms with van der Waals surface area (Å²) in [6, 6.07) is 29.7.